The van der Waals surface area contributed by atoms with E-state index in [9.17, 15) is 4.79 Å². The van der Waals surface area contributed by atoms with E-state index in [2.05, 4.69) is 20.6 Å². The molecule has 0 bridgehead atoms. The van der Waals surface area contributed by atoms with Crippen molar-refractivity contribution in [3.8, 4) is 0 Å². The fraction of sp³-hybridized carbons (Fsp3) is 0.524. The number of rotatable bonds is 5. The quantitative estimate of drug-likeness (QED) is 0.727. The van der Waals surface area contributed by atoms with E-state index in [1.54, 1.807) is 0 Å². The summed E-state index contributed by atoms with van der Waals surface area (Å²) in [6.45, 7) is 5.69. The lowest BCUT2D eigenvalue weighted by Crippen LogP contribution is -2.36. The summed E-state index contributed by atoms with van der Waals surface area (Å²) in [7, 11) is 1.48. The Balaban J connectivity index is 0.000000318. The van der Waals surface area contributed by atoms with Gasteiger partial charge in [0.2, 0.25) is 0 Å². The fourth-order valence-electron chi connectivity index (χ4n) is 3.57. The van der Waals surface area contributed by atoms with E-state index in [-0.39, 0.29) is 6.42 Å². The summed E-state index contributed by atoms with van der Waals surface area (Å²) in [5.74, 6) is 0.183. The molecular weight excluding hydrogens is 429 g/mol. The summed E-state index contributed by atoms with van der Waals surface area (Å²) >= 11 is 12.7. The molecule has 164 valence electrons. The second-order valence-corrected chi connectivity index (χ2v) is 7.97. The average Bonchev–Trinajstić information content (AvgIpc) is 3.30. The van der Waals surface area contributed by atoms with Crippen molar-refractivity contribution in [2.75, 3.05) is 62.9 Å². The number of carboxylic acids is 1. The maximum atomic E-state index is 9.68. The normalized spacial score (nSPS) is 16.5. The minimum Gasteiger partial charge on any atom is -0.481 e. The molecule has 0 aliphatic carbocycles. The first-order valence-electron chi connectivity index (χ1n) is 10.1. The summed E-state index contributed by atoms with van der Waals surface area (Å²) in [5, 5.41) is 10.1. The molecule has 30 heavy (non-hydrogen) atoms. The van der Waals surface area contributed by atoms with Gasteiger partial charge in [-0.05, 0) is 25.0 Å². The Hall–Kier alpha value is -1.80. The number of aliphatic carboxylic acids is 1. The first kappa shape index (κ1) is 22.9. The zero-order valence-corrected chi connectivity index (χ0v) is 18.6. The number of fused-ring (bicyclic) bond motifs is 1. The van der Waals surface area contributed by atoms with E-state index in [0.29, 0.717) is 16.7 Å². The molecule has 0 radical (unpaired) electrons. The minimum absolute atomic E-state index is 0.0938. The van der Waals surface area contributed by atoms with Crippen LogP contribution in [0.4, 0.5) is 11.5 Å². The van der Waals surface area contributed by atoms with Crippen molar-refractivity contribution in [3.05, 3.63) is 28.2 Å². The Labute approximate surface area is 186 Å². The number of aromatic nitrogens is 1. The third-order valence-electron chi connectivity index (χ3n) is 5.14. The van der Waals surface area contributed by atoms with Crippen LogP contribution in [-0.2, 0) is 14.3 Å². The van der Waals surface area contributed by atoms with Crippen LogP contribution in [-0.4, -0.2) is 69.2 Å². The number of morpholine rings is 1. The van der Waals surface area contributed by atoms with Crippen LogP contribution in [0.1, 0.15) is 19.3 Å². The smallest absolute Gasteiger partial charge is 0.305 e. The number of anilines is 2. The number of nitrogens with zero attached hydrogens (tertiary/aromatic N) is 3. The molecule has 1 aromatic carbocycles. The third kappa shape index (κ3) is 5.66. The molecule has 3 heterocycles. The Morgan fingerprint density at radius 1 is 1.17 bits per heavy atom. The van der Waals surface area contributed by atoms with Gasteiger partial charge in [-0.25, -0.2) is 4.98 Å². The van der Waals surface area contributed by atoms with Crippen molar-refractivity contribution in [1.29, 1.82) is 0 Å². The van der Waals surface area contributed by atoms with Crippen molar-refractivity contribution < 1.29 is 19.4 Å². The first-order chi connectivity index (χ1) is 14.5. The molecule has 9 heteroatoms. The van der Waals surface area contributed by atoms with Gasteiger partial charge >= 0.3 is 5.97 Å². The average molecular weight is 456 g/mol. The number of ether oxygens (including phenoxy) is 2. The fourth-order valence-corrected chi connectivity index (χ4v) is 3.93. The molecule has 0 saturated carbocycles. The molecule has 0 unspecified atom stereocenters. The number of carboxylic acid groups (broad SMARTS) is 1. The highest BCUT2D eigenvalue weighted by Gasteiger charge is 2.21. The van der Waals surface area contributed by atoms with Crippen LogP contribution in [0.25, 0.3) is 10.9 Å². The molecule has 0 atom stereocenters. The predicted octanol–water partition coefficient (Wildman–Crippen LogP) is 4.09. The SMILES string of the molecule is COCCC(=O)O.Clc1ccc2c(N3CCOCC3)cc(N3CCCC3)nc2c1Cl. The monoisotopic (exact) mass is 455 g/mol. The van der Waals surface area contributed by atoms with Gasteiger partial charge < -0.3 is 24.4 Å². The highest BCUT2D eigenvalue weighted by molar-refractivity contribution is 6.45. The third-order valence-corrected chi connectivity index (χ3v) is 5.93. The molecular formula is C21H27Cl2N3O4. The van der Waals surface area contributed by atoms with Gasteiger partial charge in [0.15, 0.2) is 0 Å². The lowest BCUT2D eigenvalue weighted by atomic mass is 10.1. The van der Waals surface area contributed by atoms with Crippen LogP contribution in [0.2, 0.25) is 10.0 Å². The van der Waals surface area contributed by atoms with Crippen molar-refractivity contribution in [1.82, 2.24) is 4.98 Å². The minimum atomic E-state index is -0.818. The van der Waals surface area contributed by atoms with Crippen molar-refractivity contribution in [3.63, 3.8) is 0 Å². The molecule has 4 rings (SSSR count). The molecule has 7 nitrogen and oxygen atoms in total. The summed E-state index contributed by atoms with van der Waals surface area (Å²) in [4.78, 5) is 19.2. The Morgan fingerprint density at radius 2 is 1.87 bits per heavy atom. The zero-order chi connectivity index (χ0) is 21.5. The van der Waals surface area contributed by atoms with Crippen LogP contribution >= 0.6 is 23.2 Å². The number of carbonyl (C=O) groups is 1. The second-order valence-electron chi connectivity index (χ2n) is 7.19. The molecule has 2 fully saturated rings. The van der Waals surface area contributed by atoms with Crippen LogP contribution in [0, 0.1) is 0 Å². The number of methoxy groups -OCH3 is 1. The van der Waals surface area contributed by atoms with Crippen LogP contribution in [0.15, 0.2) is 18.2 Å². The van der Waals surface area contributed by atoms with Crippen molar-refractivity contribution in [2.45, 2.75) is 19.3 Å². The highest BCUT2D eigenvalue weighted by atomic mass is 35.5. The first-order valence-corrected chi connectivity index (χ1v) is 10.8. The molecule has 2 aromatic rings. The number of halogens is 2. The van der Waals surface area contributed by atoms with E-state index < -0.39 is 5.97 Å². The van der Waals surface area contributed by atoms with Gasteiger partial charge in [-0.15, -0.1) is 0 Å². The van der Waals surface area contributed by atoms with Crippen molar-refractivity contribution in [2.24, 2.45) is 0 Å². The summed E-state index contributed by atoms with van der Waals surface area (Å²) in [6.07, 6.45) is 2.53. The molecule has 2 aliphatic heterocycles. The predicted molar refractivity (Wildman–Crippen MR) is 120 cm³/mol. The van der Waals surface area contributed by atoms with Gasteiger partial charge in [-0.2, -0.15) is 0 Å². The molecule has 0 spiro atoms. The topological polar surface area (TPSA) is 75.1 Å². The molecule has 1 aromatic heterocycles. The number of benzene rings is 1. The molecule has 1 N–H and O–H groups in total. The maximum absolute atomic E-state index is 9.68. The Bertz CT molecular complexity index is 869. The summed E-state index contributed by atoms with van der Waals surface area (Å²) in [6, 6.07) is 6.08. The summed E-state index contributed by atoms with van der Waals surface area (Å²) in [5.41, 5.74) is 1.98. The Morgan fingerprint density at radius 3 is 2.47 bits per heavy atom. The van der Waals surface area contributed by atoms with Gasteiger partial charge in [-0.1, -0.05) is 23.2 Å². The van der Waals surface area contributed by atoms with Gasteiger partial charge in [0, 0.05) is 44.7 Å². The lowest BCUT2D eigenvalue weighted by molar-refractivity contribution is -0.137. The van der Waals surface area contributed by atoms with E-state index in [1.165, 1.54) is 25.6 Å². The van der Waals surface area contributed by atoms with Crippen LogP contribution in [0.3, 0.4) is 0 Å². The molecule has 2 saturated heterocycles. The van der Waals surface area contributed by atoms with Gasteiger partial charge in [0.25, 0.3) is 0 Å². The molecule has 2 aliphatic rings. The van der Waals surface area contributed by atoms with Crippen molar-refractivity contribution >= 4 is 51.6 Å². The molecule has 0 amide bonds. The van der Waals surface area contributed by atoms with Gasteiger partial charge in [0.1, 0.15) is 5.82 Å². The van der Waals surface area contributed by atoms with Gasteiger partial charge in [-0.3, -0.25) is 4.79 Å². The van der Waals surface area contributed by atoms with E-state index in [4.69, 9.17) is 38.0 Å². The van der Waals surface area contributed by atoms with Crippen LogP contribution < -0.4 is 9.80 Å². The number of hydrogen-bond donors (Lipinski definition) is 1. The standard InChI is InChI=1S/C17H19Cl2N3O.C4H8O3/c18-13-4-3-12-14(21-7-9-23-10-8-21)11-15(20-17(12)16(13)19)22-5-1-2-6-22;1-7-3-2-4(5)6/h3-4,11H,1-2,5-10H2;2-3H2,1H3,(H,5,6). The number of hydrogen-bond acceptors (Lipinski definition) is 6. The maximum Gasteiger partial charge on any atom is 0.305 e. The van der Waals surface area contributed by atoms with Crippen LogP contribution in [0.5, 0.6) is 0 Å². The Kier molecular flexibility index (Phi) is 8.39. The van der Waals surface area contributed by atoms with E-state index in [0.717, 1.165) is 56.1 Å². The second kappa shape index (κ2) is 11.0. The van der Waals surface area contributed by atoms with E-state index in [1.807, 2.05) is 12.1 Å². The lowest BCUT2D eigenvalue weighted by Gasteiger charge is -2.31. The summed E-state index contributed by atoms with van der Waals surface area (Å²) < 4.78 is 9.96. The largest absolute Gasteiger partial charge is 0.481 e. The zero-order valence-electron chi connectivity index (χ0n) is 17.1. The number of pyridine rings is 1. The van der Waals surface area contributed by atoms with E-state index >= 15 is 0 Å². The highest BCUT2D eigenvalue weighted by Crippen LogP contribution is 2.37. The van der Waals surface area contributed by atoms with Gasteiger partial charge in [0.05, 0.1) is 47.5 Å².